The summed E-state index contributed by atoms with van der Waals surface area (Å²) in [5, 5.41) is 0. The maximum absolute atomic E-state index is 5.60. The number of ether oxygens (including phenoxy) is 3. The lowest BCUT2D eigenvalue weighted by Crippen LogP contribution is -2.48. The van der Waals surface area contributed by atoms with Crippen LogP contribution < -0.4 is 0 Å². The molecule has 2 radical (unpaired) electrons. The van der Waals surface area contributed by atoms with Gasteiger partial charge in [-0.2, -0.15) is 0 Å². The van der Waals surface area contributed by atoms with Gasteiger partial charge in [0.1, 0.15) is 23.7 Å². The zero-order valence-corrected chi connectivity index (χ0v) is 15.8. The molecule has 1 aliphatic rings. The maximum atomic E-state index is 5.60. The Labute approximate surface area is 128 Å². The van der Waals surface area contributed by atoms with Gasteiger partial charge in [0.2, 0.25) is 0 Å². The Hall–Kier alpha value is 0.274. The summed E-state index contributed by atoms with van der Waals surface area (Å²) in [5.74, 6) is 0.0112. The first-order chi connectivity index (χ1) is 9.47. The molecule has 0 saturated carbocycles. The summed E-state index contributed by atoms with van der Waals surface area (Å²) in [7, 11) is -0.479. The summed E-state index contributed by atoms with van der Waals surface area (Å²) in [6.07, 6.45) is 1.73. The Kier molecular flexibility index (Phi) is 8.54. The summed E-state index contributed by atoms with van der Waals surface area (Å²) in [4.78, 5) is 0. The Balaban J connectivity index is 2.21. The number of hydrogen-bond donors (Lipinski definition) is 0. The van der Waals surface area contributed by atoms with Crippen molar-refractivity contribution in [1.29, 1.82) is 0 Å². The van der Waals surface area contributed by atoms with E-state index in [1.165, 1.54) is 19.0 Å². The molecule has 0 N–H and O–H groups in total. The SMILES string of the molecule is CCOC(OCC)[Si]CCCN(CC1CO1)[Si](C)(C)C. The fraction of sp³-hybridized carbons (Fsp3) is 1.00. The normalized spacial score (nSPS) is 19.1. The minimum absolute atomic E-state index is 0.0112. The molecule has 1 rings (SSSR count). The maximum Gasteiger partial charge on any atom is 0.137 e. The Bertz CT molecular complexity index is 251. The third-order valence-electron chi connectivity index (χ3n) is 3.33. The monoisotopic (exact) mass is 317 g/mol. The molecule has 0 aromatic heterocycles. The number of nitrogens with zero attached hydrogens (tertiary/aromatic N) is 1. The third kappa shape index (κ3) is 7.90. The van der Waals surface area contributed by atoms with Gasteiger partial charge in [-0.1, -0.05) is 25.7 Å². The Morgan fingerprint density at radius 2 is 1.85 bits per heavy atom. The van der Waals surface area contributed by atoms with Crippen molar-refractivity contribution in [2.24, 2.45) is 0 Å². The van der Waals surface area contributed by atoms with Gasteiger partial charge in [0.15, 0.2) is 0 Å². The van der Waals surface area contributed by atoms with Gasteiger partial charge < -0.3 is 18.8 Å². The van der Waals surface area contributed by atoms with Crippen LogP contribution in [0, 0.1) is 0 Å². The molecule has 1 saturated heterocycles. The Morgan fingerprint density at radius 1 is 1.25 bits per heavy atom. The van der Waals surface area contributed by atoms with Gasteiger partial charge in [0.25, 0.3) is 0 Å². The average molecular weight is 318 g/mol. The van der Waals surface area contributed by atoms with Crippen LogP contribution in [0.4, 0.5) is 0 Å². The van der Waals surface area contributed by atoms with Crippen molar-refractivity contribution in [2.45, 2.75) is 58.0 Å². The number of rotatable bonds is 12. The molecule has 1 fully saturated rings. The number of epoxide rings is 1. The summed E-state index contributed by atoms with van der Waals surface area (Å²) in [5.41, 5.74) is 0. The molecule has 0 spiro atoms. The summed E-state index contributed by atoms with van der Waals surface area (Å²) in [6.45, 7) is 16.0. The molecule has 118 valence electrons. The van der Waals surface area contributed by atoms with Gasteiger partial charge in [-0.3, -0.25) is 0 Å². The summed E-state index contributed by atoms with van der Waals surface area (Å²) >= 11 is 0. The molecule has 0 aromatic carbocycles. The minimum Gasteiger partial charge on any atom is -0.372 e. The first-order valence-electron chi connectivity index (χ1n) is 7.80. The van der Waals surface area contributed by atoms with Crippen molar-refractivity contribution >= 4 is 17.8 Å². The molecule has 20 heavy (non-hydrogen) atoms. The van der Waals surface area contributed by atoms with Crippen molar-refractivity contribution in [3.8, 4) is 0 Å². The van der Waals surface area contributed by atoms with Crippen molar-refractivity contribution in [2.75, 3.05) is 32.9 Å². The van der Waals surface area contributed by atoms with Crippen LogP contribution in [0.25, 0.3) is 0 Å². The fourth-order valence-electron chi connectivity index (χ4n) is 2.08. The Morgan fingerprint density at radius 3 is 2.30 bits per heavy atom. The third-order valence-corrected chi connectivity index (χ3v) is 6.94. The lowest BCUT2D eigenvalue weighted by atomic mass is 10.4. The lowest BCUT2D eigenvalue weighted by molar-refractivity contribution is -0.0827. The van der Waals surface area contributed by atoms with E-state index in [-0.39, 0.29) is 5.91 Å². The van der Waals surface area contributed by atoms with E-state index in [9.17, 15) is 0 Å². The van der Waals surface area contributed by atoms with E-state index in [2.05, 4.69) is 24.2 Å². The topological polar surface area (TPSA) is 34.2 Å². The van der Waals surface area contributed by atoms with Gasteiger partial charge in [-0.15, -0.1) is 0 Å². The van der Waals surface area contributed by atoms with Crippen LogP contribution in [0.1, 0.15) is 20.3 Å². The van der Waals surface area contributed by atoms with Crippen LogP contribution in [0.3, 0.4) is 0 Å². The molecule has 4 nitrogen and oxygen atoms in total. The standard InChI is InChI=1S/C14H31NO3Si2/c1-6-16-14(17-7-2)19-10-8-9-15(20(3,4)5)11-13-12-18-13/h13-14H,6-12H2,1-5H3. The number of hydrogen-bond acceptors (Lipinski definition) is 4. The molecular formula is C14H31NO3Si2. The molecule has 0 aromatic rings. The molecule has 0 amide bonds. The zero-order valence-electron chi connectivity index (χ0n) is 13.8. The first kappa shape index (κ1) is 18.3. The molecule has 1 heterocycles. The van der Waals surface area contributed by atoms with Crippen molar-refractivity contribution in [1.82, 2.24) is 4.57 Å². The molecule has 1 unspecified atom stereocenters. The minimum atomic E-state index is -1.22. The quantitative estimate of drug-likeness (QED) is 0.240. The lowest BCUT2D eigenvalue weighted by Gasteiger charge is -2.33. The van der Waals surface area contributed by atoms with Crippen molar-refractivity contribution < 1.29 is 14.2 Å². The second-order valence-corrected chi connectivity index (χ2v) is 12.5. The van der Waals surface area contributed by atoms with E-state index in [1.807, 2.05) is 13.8 Å². The molecule has 0 bridgehead atoms. The predicted molar refractivity (Wildman–Crippen MR) is 86.9 cm³/mol. The van der Waals surface area contributed by atoms with Crippen LogP contribution in [0.2, 0.25) is 25.7 Å². The highest BCUT2D eigenvalue weighted by Crippen LogP contribution is 2.17. The van der Waals surface area contributed by atoms with E-state index in [1.54, 1.807) is 0 Å². The van der Waals surface area contributed by atoms with Crippen LogP contribution in [0.15, 0.2) is 0 Å². The highest BCUT2D eigenvalue weighted by atomic mass is 28.3. The average Bonchev–Trinajstić information content (AvgIpc) is 3.16. The van der Waals surface area contributed by atoms with Crippen LogP contribution in [-0.2, 0) is 14.2 Å². The van der Waals surface area contributed by atoms with Gasteiger partial charge in [0.05, 0.1) is 12.7 Å². The van der Waals surface area contributed by atoms with Crippen LogP contribution >= 0.6 is 0 Å². The van der Waals surface area contributed by atoms with E-state index in [0.29, 0.717) is 6.10 Å². The van der Waals surface area contributed by atoms with Crippen molar-refractivity contribution in [3.05, 3.63) is 0 Å². The first-order valence-corrected chi connectivity index (χ1v) is 12.5. The summed E-state index contributed by atoms with van der Waals surface area (Å²) < 4.78 is 19.2. The fourth-order valence-corrected chi connectivity index (χ4v) is 4.83. The van der Waals surface area contributed by atoms with Crippen LogP contribution in [-0.4, -0.2) is 67.2 Å². The van der Waals surface area contributed by atoms with E-state index >= 15 is 0 Å². The van der Waals surface area contributed by atoms with Gasteiger partial charge in [-0.25, -0.2) is 0 Å². The summed E-state index contributed by atoms with van der Waals surface area (Å²) in [6, 6.07) is 1.19. The molecule has 1 aliphatic heterocycles. The van der Waals surface area contributed by atoms with E-state index < -0.39 is 8.24 Å². The smallest absolute Gasteiger partial charge is 0.137 e. The van der Waals surface area contributed by atoms with Crippen LogP contribution in [0.5, 0.6) is 0 Å². The highest BCUT2D eigenvalue weighted by molar-refractivity contribution is 6.73. The highest BCUT2D eigenvalue weighted by Gasteiger charge is 2.31. The molecular weight excluding hydrogens is 286 g/mol. The molecule has 0 aliphatic carbocycles. The zero-order chi connectivity index (χ0) is 15.0. The second-order valence-electron chi connectivity index (χ2n) is 6.12. The second kappa shape index (κ2) is 9.32. The van der Waals surface area contributed by atoms with E-state index in [0.717, 1.165) is 35.9 Å². The van der Waals surface area contributed by atoms with Gasteiger partial charge in [0, 0.05) is 19.8 Å². The molecule has 1 atom stereocenters. The molecule has 6 heteroatoms. The largest absolute Gasteiger partial charge is 0.372 e. The predicted octanol–water partition coefficient (Wildman–Crippen LogP) is 2.39. The van der Waals surface area contributed by atoms with Gasteiger partial charge in [-0.05, 0) is 26.8 Å². The van der Waals surface area contributed by atoms with E-state index in [4.69, 9.17) is 14.2 Å². The van der Waals surface area contributed by atoms with Gasteiger partial charge >= 0.3 is 0 Å². The van der Waals surface area contributed by atoms with Crippen molar-refractivity contribution in [3.63, 3.8) is 0 Å².